The van der Waals surface area contributed by atoms with Gasteiger partial charge in [0.25, 0.3) is 0 Å². The molecule has 0 saturated heterocycles. The average molecular weight is 508 g/mol. The molecule has 0 aliphatic heterocycles. The Bertz CT molecular complexity index is 649. The molecule has 0 aromatic carbocycles. The molecule has 2 rings (SSSR count). The molecular weight excluding hydrogens is 468 g/mol. The number of aliphatic hydroxyl groups is 2. The van der Waals surface area contributed by atoms with Crippen molar-refractivity contribution in [3.8, 4) is 0 Å². The Morgan fingerprint density at radius 3 is 1.79 bits per heavy atom. The van der Waals surface area contributed by atoms with Crippen LogP contribution in [0.3, 0.4) is 0 Å². The first-order chi connectivity index (χ1) is 15.9. The fraction of sp³-hybridized carbons (Fsp3) is 0.870. The molecule has 0 bridgehead atoms. The largest absolute Gasteiger partial charge is 0.570 e. The highest BCUT2D eigenvalue weighted by Crippen LogP contribution is 2.33. The Kier molecular flexibility index (Phi) is 13.2. The number of nitrogens with zero attached hydrogens (tertiary/aromatic N) is 1. The third kappa shape index (κ3) is 10.8. The van der Waals surface area contributed by atoms with Crippen molar-refractivity contribution in [1.29, 1.82) is 0 Å². The third-order valence-corrected chi connectivity index (χ3v) is 6.32. The van der Waals surface area contributed by atoms with Crippen LogP contribution in [0.25, 0.3) is 4.84 Å². The number of methoxy groups -OCH3 is 2. The summed E-state index contributed by atoms with van der Waals surface area (Å²) in [6.45, 7) is 5.26. The number of carbonyl (C=O) groups is 3. The minimum atomic E-state index is -1.37. The van der Waals surface area contributed by atoms with Crippen LogP contribution in [0.4, 0.5) is 4.79 Å². The average Bonchev–Trinajstić information content (AvgIpc) is 2.71. The molecule has 10 nitrogen and oxygen atoms in total. The number of hydrogen-bond donors (Lipinski definition) is 3. The molecule has 11 heteroatoms. The van der Waals surface area contributed by atoms with E-state index >= 15 is 0 Å². The lowest BCUT2D eigenvalue weighted by Crippen LogP contribution is -2.50. The summed E-state index contributed by atoms with van der Waals surface area (Å²) >= 11 is 5.35. The normalized spacial score (nSPS) is 19.6. The number of carbonyl (C=O) groups excluding carboxylic acids is 3. The summed E-state index contributed by atoms with van der Waals surface area (Å²) in [6, 6.07) is -1.21. The molecule has 0 aromatic rings. The van der Waals surface area contributed by atoms with Crippen molar-refractivity contribution in [2.45, 2.75) is 102 Å². The molecule has 0 heterocycles. The molecule has 4 unspecified atom stereocenters. The molecule has 0 spiro atoms. The van der Waals surface area contributed by atoms with Crippen molar-refractivity contribution in [3.05, 3.63) is 4.84 Å². The highest BCUT2D eigenvalue weighted by atomic mass is 35.5. The number of nitrogens with one attached hydrogen (secondary N) is 1. The summed E-state index contributed by atoms with van der Waals surface area (Å²) in [7, 11) is 2.44. The molecule has 2 saturated carbocycles. The fourth-order valence-corrected chi connectivity index (χ4v) is 3.85. The van der Waals surface area contributed by atoms with Gasteiger partial charge in [0.15, 0.2) is 6.10 Å². The van der Waals surface area contributed by atoms with Crippen LogP contribution in [-0.2, 0) is 23.8 Å². The fourth-order valence-electron chi connectivity index (χ4n) is 3.67. The van der Waals surface area contributed by atoms with Crippen LogP contribution < -0.4 is 5.32 Å². The zero-order chi connectivity index (χ0) is 25.9. The lowest BCUT2D eigenvalue weighted by Gasteiger charge is -2.36. The summed E-state index contributed by atoms with van der Waals surface area (Å²) < 4.78 is 14.1. The van der Waals surface area contributed by atoms with Gasteiger partial charge in [-0.3, -0.25) is 11.8 Å². The highest BCUT2D eigenvalue weighted by Gasteiger charge is 2.33. The van der Waals surface area contributed by atoms with E-state index in [1.54, 1.807) is 20.8 Å². The first kappa shape index (κ1) is 30.4. The van der Waals surface area contributed by atoms with Crippen molar-refractivity contribution in [1.82, 2.24) is 5.32 Å². The zero-order valence-corrected chi connectivity index (χ0v) is 21.5. The van der Waals surface area contributed by atoms with Crippen molar-refractivity contribution in [3.63, 3.8) is 0 Å². The van der Waals surface area contributed by atoms with Crippen LogP contribution in [0.15, 0.2) is 0 Å². The van der Waals surface area contributed by atoms with Gasteiger partial charge < -0.3 is 34.6 Å². The van der Waals surface area contributed by atoms with Crippen molar-refractivity contribution in [2.75, 3.05) is 14.2 Å². The van der Waals surface area contributed by atoms with Gasteiger partial charge in [-0.1, -0.05) is 51.0 Å². The van der Waals surface area contributed by atoms with E-state index in [9.17, 15) is 24.6 Å². The number of alkyl carbamates (subject to hydrolysis) is 1. The first-order valence-corrected chi connectivity index (χ1v) is 12.1. The number of rotatable bonds is 10. The molecule has 0 aromatic heterocycles. The van der Waals surface area contributed by atoms with E-state index in [-0.39, 0.29) is 0 Å². The topological polar surface area (TPSA) is 145 Å². The Morgan fingerprint density at radius 1 is 0.941 bits per heavy atom. The molecule has 34 heavy (non-hydrogen) atoms. The predicted octanol–water partition coefficient (Wildman–Crippen LogP) is 3.21. The van der Waals surface area contributed by atoms with Gasteiger partial charge in [-0.05, 0) is 39.0 Å². The molecule has 4 atom stereocenters. The van der Waals surface area contributed by atoms with E-state index in [0.717, 1.165) is 32.1 Å². The summed E-state index contributed by atoms with van der Waals surface area (Å²) in [5.74, 6) is -0.444. The molecule has 3 N–H and O–H groups in total. The quantitative estimate of drug-likeness (QED) is 0.302. The van der Waals surface area contributed by atoms with Crippen molar-refractivity contribution < 1.29 is 38.8 Å². The molecule has 2 fully saturated rings. The van der Waals surface area contributed by atoms with Crippen molar-refractivity contribution in [2.24, 2.45) is 11.8 Å². The molecule has 2 aliphatic rings. The maximum Gasteiger partial charge on any atom is 0.407 e. The van der Waals surface area contributed by atoms with Gasteiger partial charge >= 0.3 is 18.0 Å². The summed E-state index contributed by atoms with van der Waals surface area (Å²) in [5.41, 5.74) is -0.624. The van der Waals surface area contributed by atoms with Crippen LogP contribution in [0.1, 0.15) is 72.1 Å². The maximum atomic E-state index is 11.8. The van der Waals surface area contributed by atoms with Gasteiger partial charge in [0.05, 0.1) is 20.3 Å². The molecule has 1 amide bonds. The van der Waals surface area contributed by atoms with E-state index < -0.39 is 47.9 Å². The first-order valence-electron chi connectivity index (χ1n) is 11.7. The summed E-state index contributed by atoms with van der Waals surface area (Å²) in [4.78, 5) is 37.7. The van der Waals surface area contributed by atoms with Gasteiger partial charge in [0.1, 0.15) is 11.7 Å². The monoisotopic (exact) mass is 507 g/mol. The van der Waals surface area contributed by atoms with Gasteiger partial charge in [0.2, 0.25) is 0 Å². The van der Waals surface area contributed by atoms with Gasteiger partial charge in [-0.15, -0.1) is 0 Å². The highest BCUT2D eigenvalue weighted by molar-refractivity contribution is 6.25. The third-order valence-electron chi connectivity index (χ3n) is 6.07. The second-order valence-corrected chi connectivity index (χ2v) is 10.1. The van der Waals surface area contributed by atoms with Gasteiger partial charge in [0, 0.05) is 0 Å². The van der Waals surface area contributed by atoms with Crippen LogP contribution in [-0.4, -0.2) is 72.4 Å². The van der Waals surface area contributed by atoms with Crippen LogP contribution in [0.2, 0.25) is 0 Å². The number of amides is 1. The zero-order valence-electron chi connectivity index (χ0n) is 20.8. The molecule has 2 aliphatic carbocycles. The lowest BCUT2D eigenvalue weighted by molar-refractivity contribution is -0.152. The lowest BCUT2D eigenvalue weighted by atomic mass is 9.80. The second kappa shape index (κ2) is 14.7. The van der Waals surface area contributed by atoms with E-state index in [1.807, 2.05) is 0 Å². The molecule has 198 valence electrons. The Balaban J connectivity index is 0.000000362. The van der Waals surface area contributed by atoms with E-state index in [2.05, 4.69) is 19.6 Å². The van der Waals surface area contributed by atoms with E-state index in [0.29, 0.717) is 24.7 Å². The minimum absolute atomic E-state index is 0.425. The van der Waals surface area contributed by atoms with Crippen molar-refractivity contribution >= 4 is 29.8 Å². The minimum Gasteiger partial charge on any atom is -0.570 e. The SMILES string of the molecule is COC(=O)C(O)C(CC1CCC1)NC(=O)OC(C)(C)C.COC(=O)C(O)C(CC1CCC1)[N-]Cl. The maximum absolute atomic E-state index is 11.8. The Labute approximate surface area is 207 Å². The number of hydrogen-bond acceptors (Lipinski definition) is 8. The number of aliphatic hydroxyl groups excluding tert-OH is 2. The number of halogens is 1. The smallest absolute Gasteiger partial charge is 0.407 e. The Morgan fingerprint density at radius 2 is 1.41 bits per heavy atom. The van der Waals surface area contributed by atoms with Gasteiger partial charge in [-0.2, -0.15) is 0 Å². The second-order valence-electron chi connectivity index (χ2n) is 9.92. The molecule has 0 radical (unpaired) electrons. The molecular formula is C23H40ClN2O8-. The van der Waals surface area contributed by atoms with Crippen LogP contribution >= 0.6 is 11.8 Å². The number of esters is 2. The van der Waals surface area contributed by atoms with Crippen LogP contribution in [0, 0.1) is 11.8 Å². The standard InChI is InChI=1S/C14H25NO5.C9H15ClNO3/c1-14(2,3)20-13(18)15-10(8-9-6-5-7-9)11(16)12(17)19-4;1-14-9(13)8(12)7(11-10)5-6-3-2-4-6/h9-11,16H,5-8H2,1-4H3,(H,15,18);6-8,12H,2-5H2,1H3/q;-1. The number of ether oxygens (including phenoxy) is 3. The predicted molar refractivity (Wildman–Crippen MR) is 126 cm³/mol. The van der Waals surface area contributed by atoms with Gasteiger partial charge in [-0.25, -0.2) is 14.4 Å². The van der Waals surface area contributed by atoms with E-state index in [1.165, 1.54) is 20.6 Å². The summed E-state index contributed by atoms with van der Waals surface area (Å²) in [5, 5.41) is 22.0. The Hall–Kier alpha value is -1.62. The summed E-state index contributed by atoms with van der Waals surface area (Å²) in [6.07, 6.45) is 4.74. The van der Waals surface area contributed by atoms with Crippen LogP contribution in [0.5, 0.6) is 0 Å². The van der Waals surface area contributed by atoms with E-state index in [4.69, 9.17) is 16.5 Å².